The van der Waals surface area contributed by atoms with Crippen molar-refractivity contribution >= 4 is 28.8 Å². The highest BCUT2D eigenvalue weighted by Gasteiger charge is 2.28. The number of nitrogens with zero attached hydrogens (tertiary/aromatic N) is 2. The number of piperidine rings is 1. The smallest absolute Gasteiger partial charge is 0.288 e. The van der Waals surface area contributed by atoms with Crippen molar-refractivity contribution < 1.29 is 18.0 Å². The van der Waals surface area contributed by atoms with Gasteiger partial charge in [-0.05, 0) is 37.1 Å². The molecule has 1 fully saturated rings. The van der Waals surface area contributed by atoms with Crippen LogP contribution in [0.5, 0.6) is 0 Å². The van der Waals surface area contributed by atoms with Gasteiger partial charge in [-0.3, -0.25) is 4.79 Å². The first kappa shape index (κ1) is 18.0. The van der Waals surface area contributed by atoms with Crippen LogP contribution in [0.25, 0.3) is 11.1 Å². The van der Waals surface area contributed by atoms with Gasteiger partial charge in [0.15, 0.2) is 11.5 Å². The van der Waals surface area contributed by atoms with Crippen LogP contribution in [-0.2, 0) is 0 Å². The quantitative estimate of drug-likeness (QED) is 0.579. The summed E-state index contributed by atoms with van der Waals surface area (Å²) in [6, 6.07) is 14.2. The van der Waals surface area contributed by atoms with Crippen molar-refractivity contribution in [2.24, 2.45) is 0 Å². The van der Waals surface area contributed by atoms with Crippen LogP contribution < -0.4 is 0 Å². The molecule has 0 spiro atoms. The zero-order valence-corrected chi connectivity index (χ0v) is 15.3. The van der Waals surface area contributed by atoms with Crippen LogP contribution in [0, 0.1) is 0 Å². The van der Waals surface area contributed by atoms with Gasteiger partial charge < -0.3 is 9.32 Å². The summed E-state index contributed by atoms with van der Waals surface area (Å²) in [5.74, 6) is -1.89. The van der Waals surface area contributed by atoms with Crippen LogP contribution in [0.15, 0.2) is 57.8 Å². The van der Waals surface area contributed by atoms with Crippen molar-refractivity contribution in [3.05, 3.63) is 60.0 Å². The maximum atomic E-state index is 12.8. The second kappa shape index (κ2) is 7.68. The number of amides is 1. The minimum Gasteiger partial charge on any atom is -0.440 e. The SMILES string of the molecule is O=C(c1ccccc1SC(F)F)N1CCC(c2nc3ccccc3o2)CC1. The van der Waals surface area contributed by atoms with Crippen LogP contribution >= 0.6 is 11.8 Å². The molecule has 0 bridgehead atoms. The number of likely N-dealkylation sites (tertiary alicyclic amines) is 1. The molecule has 27 heavy (non-hydrogen) atoms. The van der Waals surface area contributed by atoms with Crippen molar-refractivity contribution in [2.45, 2.75) is 29.4 Å². The highest BCUT2D eigenvalue weighted by atomic mass is 32.2. The lowest BCUT2D eigenvalue weighted by Gasteiger charge is -2.31. The number of benzene rings is 2. The van der Waals surface area contributed by atoms with E-state index in [1.165, 1.54) is 0 Å². The number of alkyl halides is 2. The molecule has 1 saturated heterocycles. The fourth-order valence-electron chi connectivity index (χ4n) is 3.41. The molecule has 1 aromatic heterocycles. The third-order valence-corrected chi connectivity index (χ3v) is 5.56. The largest absolute Gasteiger partial charge is 0.440 e. The molecule has 0 radical (unpaired) electrons. The number of fused-ring (bicyclic) bond motifs is 1. The summed E-state index contributed by atoms with van der Waals surface area (Å²) in [6.07, 6.45) is 1.48. The normalized spacial score (nSPS) is 15.6. The second-order valence-corrected chi connectivity index (χ2v) is 7.49. The molecule has 7 heteroatoms. The molecule has 140 valence electrons. The Morgan fingerprint density at radius 2 is 1.81 bits per heavy atom. The Balaban J connectivity index is 1.45. The second-order valence-electron chi connectivity index (χ2n) is 6.46. The van der Waals surface area contributed by atoms with E-state index in [2.05, 4.69) is 4.98 Å². The highest BCUT2D eigenvalue weighted by Crippen LogP contribution is 2.32. The number of thioether (sulfide) groups is 1. The number of aromatic nitrogens is 1. The first-order chi connectivity index (χ1) is 13.1. The fraction of sp³-hybridized carbons (Fsp3) is 0.300. The molecule has 4 rings (SSSR count). The minimum absolute atomic E-state index is 0.159. The van der Waals surface area contributed by atoms with Gasteiger partial charge in [0.05, 0.1) is 5.56 Å². The maximum Gasteiger partial charge on any atom is 0.288 e. The van der Waals surface area contributed by atoms with E-state index < -0.39 is 5.76 Å². The molecular weight excluding hydrogens is 370 g/mol. The maximum absolute atomic E-state index is 12.8. The third-order valence-electron chi connectivity index (χ3n) is 4.78. The van der Waals surface area contributed by atoms with E-state index >= 15 is 0 Å². The van der Waals surface area contributed by atoms with Crippen LogP contribution in [0.4, 0.5) is 8.78 Å². The van der Waals surface area contributed by atoms with Gasteiger partial charge in [0.1, 0.15) is 5.52 Å². The summed E-state index contributed by atoms with van der Waals surface area (Å²) in [7, 11) is 0. The third kappa shape index (κ3) is 3.83. The molecule has 0 unspecified atom stereocenters. The van der Waals surface area contributed by atoms with Gasteiger partial charge in [-0.15, -0.1) is 0 Å². The van der Waals surface area contributed by atoms with E-state index in [0.717, 1.165) is 23.9 Å². The molecule has 1 aliphatic heterocycles. The van der Waals surface area contributed by atoms with Crippen molar-refractivity contribution in [1.29, 1.82) is 0 Å². The van der Waals surface area contributed by atoms with E-state index in [0.29, 0.717) is 41.2 Å². The molecule has 0 N–H and O–H groups in total. The monoisotopic (exact) mass is 388 g/mol. The van der Waals surface area contributed by atoms with Gasteiger partial charge >= 0.3 is 0 Å². The molecule has 0 saturated carbocycles. The zero-order chi connectivity index (χ0) is 18.8. The summed E-state index contributed by atoms with van der Waals surface area (Å²) in [6.45, 7) is 1.10. The van der Waals surface area contributed by atoms with Gasteiger partial charge in [-0.1, -0.05) is 36.0 Å². The molecule has 2 aromatic carbocycles. The van der Waals surface area contributed by atoms with Crippen molar-refractivity contribution in [3.8, 4) is 0 Å². The number of carbonyl (C=O) groups excluding carboxylic acids is 1. The number of halogens is 2. The number of rotatable bonds is 4. The van der Waals surface area contributed by atoms with Crippen molar-refractivity contribution in [2.75, 3.05) is 13.1 Å². The molecule has 4 nitrogen and oxygen atoms in total. The lowest BCUT2D eigenvalue weighted by molar-refractivity contribution is 0.0703. The molecule has 1 aliphatic rings. The molecule has 0 atom stereocenters. The summed E-state index contributed by atoms with van der Waals surface area (Å²) in [5, 5.41) is 0. The number of oxazole rings is 1. The highest BCUT2D eigenvalue weighted by molar-refractivity contribution is 7.99. The van der Waals surface area contributed by atoms with E-state index in [9.17, 15) is 13.6 Å². The Kier molecular flexibility index (Phi) is 5.11. The average Bonchev–Trinajstić information content (AvgIpc) is 3.12. The number of carbonyl (C=O) groups is 1. The molecular formula is C20H18F2N2O2S. The van der Waals surface area contributed by atoms with Crippen molar-refractivity contribution in [1.82, 2.24) is 9.88 Å². The van der Waals surface area contributed by atoms with Crippen LogP contribution in [0.1, 0.15) is 35.0 Å². The van der Waals surface area contributed by atoms with E-state index in [1.807, 2.05) is 24.3 Å². The van der Waals surface area contributed by atoms with Gasteiger partial charge in [-0.25, -0.2) is 4.98 Å². The molecule has 0 aliphatic carbocycles. The van der Waals surface area contributed by atoms with E-state index in [1.54, 1.807) is 29.2 Å². The molecule has 1 amide bonds. The fourth-order valence-corrected chi connectivity index (χ4v) is 4.04. The van der Waals surface area contributed by atoms with Crippen LogP contribution in [0.3, 0.4) is 0 Å². The topological polar surface area (TPSA) is 46.3 Å². The summed E-state index contributed by atoms with van der Waals surface area (Å²) >= 11 is 0.411. The van der Waals surface area contributed by atoms with E-state index in [-0.39, 0.29) is 11.8 Å². The summed E-state index contributed by atoms with van der Waals surface area (Å²) in [5.41, 5.74) is 1.94. The number of hydrogen-bond donors (Lipinski definition) is 0. The average molecular weight is 388 g/mol. The van der Waals surface area contributed by atoms with Gasteiger partial charge in [0, 0.05) is 23.9 Å². The van der Waals surface area contributed by atoms with Gasteiger partial charge in [-0.2, -0.15) is 8.78 Å². The lowest BCUT2D eigenvalue weighted by Crippen LogP contribution is -2.38. The Labute approximate surface area is 159 Å². The van der Waals surface area contributed by atoms with Crippen molar-refractivity contribution in [3.63, 3.8) is 0 Å². The summed E-state index contributed by atoms with van der Waals surface area (Å²) < 4.78 is 31.4. The lowest BCUT2D eigenvalue weighted by atomic mass is 9.96. The van der Waals surface area contributed by atoms with Crippen LogP contribution in [0.2, 0.25) is 0 Å². The molecule has 3 aromatic rings. The predicted octanol–water partition coefficient (Wildman–Crippen LogP) is 5.16. The van der Waals surface area contributed by atoms with Crippen LogP contribution in [-0.4, -0.2) is 34.6 Å². The summed E-state index contributed by atoms with van der Waals surface area (Å²) in [4.78, 5) is 19.4. The predicted molar refractivity (Wildman–Crippen MR) is 100 cm³/mol. The number of hydrogen-bond acceptors (Lipinski definition) is 4. The number of para-hydroxylation sites is 2. The first-order valence-corrected chi connectivity index (χ1v) is 9.68. The van der Waals surface area contributed by atoms with Gasteiger partial charge in [0.25, 0.3) is 11.7 Å². The molecule has 2 heterocycles. The van der Waals surface area contributed by atoms with E-state index in [4.69, 9.17) is 4.42 Å². The Bertz CT molecular complexity index is 919. The van der Waals surface area contributed by atoms with Gasteiger partial charge in [0.2, 0.25) is 0 Å². The Morgan fingerprint density at radius 1 is 1.11 bits per heavy atom. The Morgan fingerprint density at radius 3 is 2.56 bits per heavy atom. The standard InChI is InChI=1S/C20H18F2N2O2S/c21-20(22)27-17-8-4-1-5-14(17)19(25)24-11-9-13(10-12-24)18-23-15-6-2-3-7-16(15)26-18/h1-8,13,20H,9-12H2. The zero-order valence-electron chi connectivity index (χ0n) is 14.5. The Hall–Kier alpha value is -2.41. The minimum atomic E-state index is -2.55. The first-order valence-electron chi connectivity index (χ1n) is 8.80.